The summed E-state index contributed by atoms with van der Waals surface area (Å²) in [6.07, 6.45) is 1.52. The monoisotopic (exact) mass is 503 g/mol. The molecule has 0 aromatic heterocycles. The van der Waals surface area contributed by atoms with Crippen LogP contribution in [0.5, 0.6) is 11.5 Å². The molecule has 0 radical (unpaired) electrons. The van der Waals surface area contributed by atoms with E-state index < -0.39 is 0 Å². The minimum Gasteiger partial charge on any atom is -0.493 e. The van der Waals surface area contributed by atoms with E-state index in [9.17, 15) is 4.79 Å². The molecular weight excluding hydrogens is 489 g/mol. The number of ether oxygens (including phenoxy) is 2. The largest absolute Gasteiger partial charge is 0.493 e. The number of methoxy groups -OCH3 is 2. The molecule has 0 aliphatic heterocycles. The van der Waals surface area contributed by atoms with Crippen molar-refractivity contribution in [1.29, 1.82) is 0 Å². The average Bonchev–Trinajstić information content (AvgIpc) is 2.60. The van der Waals surface area contributed by atoms with Gasteiger partial charge in [0.15, 0.2) is 11.5 Å². The number of rotatable bonds is 7. The van der Waals surface area contributed by atoms with E-state index in [0.29, 0.717) is 16.5 Å². The first kappa shape index (κ1) is 20.5. The van der Waals surface area contributed by atoms with E-state index in [-0.39, 0.29) is 12.5 Å². The highest BCUT2D eigenvalue weighted by Crippen LogP contribution is 2.34. The number of amides is 1. The van der Waals surface area contributed by atoms with E-state index >= 15 is 0 Å². The van der Waals surface area contributed by atoms with Crippen LogP contribution in [-0.4, -0.2) is 32.9 Å². The maximum Gasteiger partial charge on any atom is 0.259 e. The summed E-state index contributed by atoms with van der Waals surface area (Å²) in [6.45, 7) is 0.0438. The van der Waals surface area contributed by atoms with Crippen molar-refractivity contribution in [2.24, 2.45) is 5.10 Å². The van der Waals surface area contributed by atoms with E-state index in [2.05, 4.69) is 47.7 Å². The van der Waals surface area contributed by atoms with Gasteiger partial charge in [-0.25, -0.2) is 5.43 Å². The predicted octanol–water partition coefficient (Wildman–Crippen LogP) is 4.44. The first-order valence-corrected chi connectivity index (χ1v) is 9.33. The molecule has 0 aliphatic rings. The van der Waals surface area contributed by atoms with Crippen molar-refractivity contribution in [3.05, 3.63) is 49.9 Å². The fourth-order valence-corrected chi connectivity index (χ4v) is 3.98. The van der Waals surface area contributed by atoms with E-state index in [4.69, 9.17) is 21.1 Å². The molecule has 9 heteroatoms. The molecule has 138 valence electrons. The molecule has 0 aliphatic carbocycles. The van der Waals surface area contributed by atoms with Gasteiger partial charge in [-0.3, -0.25) is 4.79 Å². The number of carbonyl (C=O) groups is 1. The normalized spacial score (nSPS) is 10.7. The lowest BCUT2D eigenvalue weighted by molar-refractivity contribution is -0.119. The molecular formula is C17H16Br2ClN3O3. The van der Waals surface area contributed by atoms with Crippen LogP contribution in [0.1, 0.15) is 5.56 Å². The van der Waals surface area contributed by atoms with Crippen LogP contribution in [0.3, 0.4) is 0 Å². The molecule has 0 unspecified atom stereocenters. The molecule has 0 fully saturated rings. The van der Waals surface area contributed by atoms with Crippen LogP contribution in [0.2, 0.25) is 5.02 Å². The Balaban J connectivity index is 1.92. The smallest absolute Gasteiger partial charge is 0.259 e. The number of benzene rings is 2. The van der Waals surface area contributed by atoms with Crippen molar-refractivity contribution < 1.29 is 14.3 Å². The number of nitrogens with one attached hydrogen (secondary N) is 2. The highest BCUT2D eigenvalue weighted by molar-refractivity contribution is 9.11. The van der Waals surface area contributed by atoms with E-state index in [1.165, 1.54) is 6.21 Å². The molecule has 0 heterocycles. The third kappa shape index (κ3) is 5.62. The Morgan fingerprint density at radius 3 is 2.42 bits per heavy atom. The number of carbonyl (C=O) groups excluding carboxylic acids is 1. The number of hydrogen-bond donors (Lipinski definition) is 2. The van der Waals surface area contributed by atoms with Crippen molar-refractivity contribution in [3.8, 4) is 11.5 Å². The molecule has 2 aromatic rings. The van der Waals surface area contributed by atoms with Gasteiger partial charge >= 0.3 is 0 Å². The van der Waals surface area contributed by atoms with Crippen molar-refractivity contribution in [2.75, 3.05) is 26.1 Å². The van der Waals surface area contributed by atoms with Crippen molar-refractivity contribution in [3.63, 3.8) is 0 Å². The maximum atomic E-state index is 11.9. The Labute approximate surface area is 173 Å². The Bertz CT molecular complexity index is 808. The van der Waals surface area contributed by atoms with Gasteiger partial charge in [-0.05, 0) is 67.8 Å². The number of hydrazone groups is 1. The highest BCUT2D eigenvalue weighted by Gasteiger charge is 2.08. The minimum atomic E-state index is -0.296. The minimum absolute atomic E-state index is 0.0438. The zero-order valence-corrected chi connectivity index (χ0v) is 17.9. The molecule has 0 spiro atoms. The van der Waals surface area contributed by atoms with Crippen molar-refractivity contribution in [1.82, 2.24) is 5.43 Å². The summed E-state index contributed by atoms with van der Waals surface area (Å²) >= 11 is 12.7. The second kappa shape index (κ2) is 9.80. The SMILES string of the molecule is COc1ccc(/C=N/NC(=O)CNc2c(Br)cc(Cl)cc2Br)cc1OC. The zero-order chi connectivity index (χ0) is 19.1. The second-order valence-electron chi connectivity index (χ2n) is 5.01. The predicted molar refractivity (Wildman–Crippen MR) is 111 cm³/mol. The lowest BCUT2D eigenvalue weighted by atomic mass is 10.2. The third-order valence-electron chi connectivity index (χ3n) is 3.24. The van der Waals surface area contributed by atoms with Crippen molar-refractivity contribution in [2.45, 2.75) is 0 Å². The van der Waals surface area contributed by atoms with Gasteiger partial charge in [0.1, 0.15) is 0 Å². The lowest BCUT2D eigenvalue weighted by Crippen LogP contribution is -2.26. The molecule has 1 amide bonds. The molecule has 0 saturated heterocycles. The summed E-state index contributed by atoms with van der Waals surface area (Å²) in [5.74, 6) is 0.911. The summed E-state index contributed by atoms with van der Waals surface area (Å²) in [7, 11) is 3.12. The van der Waals surface area contributed by atoms with Crippen LogP contribution in [-0.2, 0) is 4.79 Å². The second-order valence-corrected chi connectivity index (χ2v) is 7.15. The average molecular weight is 506 g/mol. The Hall–Kier alpha value is -1.77. The van der Waals surface area contributed by atoms with Crippen LogP contribution in [0.4, 0.5) is 5.69 Å². The summed E-state index contributed by atoms with van der Waals surface area (Å²) < 4.78 is 11.9. The number of hydrogen-bond acceptors (Lipinski definition) is 5. The van der Waals surface area contributed by atoms with Crippen LogP contribution in [0.25, 0.3) is 0 Å². The maximum absolute atomic E-state index is 11.9. The molecule has 0 bridgehead atoms. The fourth-order valence-electron chi connectivity index (χ4n) is 2.03. The van der Waals surface area contributed by atoms with E-state index in [0.717, 1.165) is 20.2 Å². The first-order valence-electron chi connectivity index (χ1n) is 7.37. The summed E-state index contributed by atoms with van der Waals surface area (Å²) in [4.78, 5) is 11.9. The van der Waals surface area contributed by atoms with E-state index in [1.54, 1.807) is 44.6 Å². The van der Waals surface area contributed by atoms with Crippen LogP contribution >= 0.6 is 43.5 Å². The Morgan fingerprint density at radius 2 is 1.81 bits per heavy atom. The standard InChI is InChI=1S/C17H16Br2ClN3O3/c1-25-14-4-3-10(5-15(14)26-2)8-22-23-16(24)9-21-17-12(18)6-11(20)7-13(17)19/h3-8,21H,9H2,1-2H3,(H,23,24)/b22-8+. The Morgan fingerprint density at radius 1 is 1.15 bits per heavy atom. The lowest BCUT2D eigenvalue weighted by Gasteiger charge is -2.10. The summed E-state index contributed by atoms with van der Waals surface area (Å²) in [5, 5.41) is 7.54. The first-order chi connectivity index (χ1) is 12.4. The molecule has 0 saturated carbocycles. The molecule has 2 N–H and O–H groups in total. The number of nitrogens with zero attached hydrogens (tertiary/aromatic N) is 1. The van der Waals surface area contributed by atoms with Gasteiger partial charge in [-0.1, -0.05) is 11.6 Å². The fraction of sp³-hybridized carbons (Fsp3) is 0.176. The zero-order valence-electron chi connectivity index (χ0n) is 14.0. The van der Waals surface area contributed by atoms with E-state index in [1.807, 2.05) is 0 Å². The number of halogens is 3. The molecule has 0 atom stereocenters. The Kier molecular flexibility index (Phi) is 7.74. The summed E-state index contributed by atoms with van der Waals surface area (Å²) in [6, 6.07) is 8.80. The van der Waals surface area contributed by atoms with Gasteiger partial charge in [-0.15, -0.1) is 0 Å². The van der Waals surface area contributed by atoms with Crippen LogP contribution < -0.4 is 20.2 Å². The van der Waals surface area contributed by atoms with Gasteiger partial charge in [0, 0.05) is 14.0 Å². The van der Waals surface area contributed by atoms with Gasteiger partial charge in [0.2, 0.25) is 0 Å². The molecule has 26 heavy (non-hydrogen) atoms. The van der Waals surface area contributed by atoms with Crippen LogP contribution in [0.15, 0.2) is 44.4 Å². The highest BCUT2D eigenvalue weighted by atomic mass is 79.9. The topological polar surface area (TPSA) is 72.0 Å². The van der Waals surface area contributed by atoms with Crippen LogP contribution in [0, 0.1) is 0 Å². The van der Waals surface area contributed by atoms with Gasteiger partial charge in [0.05, 0.1) is 32.7 Å². The molecule has 2 aromatic carbocycles. The third-order valence-corrected chi connectivity index (χ3v) is 4.71. The van der Waals surface area contributed by atoms with Gasteiger partial charge in [0.25, 0.3) is 5.91 Å². The summed E-state index contributed by atoms with van der Waals surface area (Å²) in [5.41, 5.74) is 3.95. The van der Waals surface area contributed by atoms with Gasteiger partial charge in [-0.2, -0.15) is 5.10 Å². The van der Waals surface area contributed by atoms with Crippen molar-refractivity contribution >= 4 is 61.3 Å². The quantitative estimate of drug-likeness (QED) is 0.431. The van der Waals surface area contributed by atoms with Gasteiger partial charge < -0.3 is 14.8 Å². The molecule has 2 rings (SSSR count). The number of anilines is 1. The molecule has 6 nitrogen and oxygen atoms in total.